The molecule has 0 radical (unpaired) electrons. The molecule has 30 heavy (non-hydrogen) atoms. The van der Waals surface area contributed by atoms with Crippen LogP contribution >= 0.6 is 11.8 Å². The first-order chi connectivity index (χ1) is 14.3. The van der Waals surface area contributed by atoms with Crippen molar-refractivity contribution in [1.29, 1.82) is 0 Å². The van der Waals surface area contributed by atoms with Crippen molar-refractivity contribution in [2.24, 2.45) is 0 Å². The number of hydrogen-bond acceptors (Lipinski definition) is 8. The normalized spacial score (nSPS) is 12.3. The third-order valence-corrected chi connectivity index (χ3v) is 5.67. The number of nitrogen functional groups attached to an aromatic ring is 1. The number of fused-ring (bicyclic) bond motifs is 1. The molecule has 4 rings (SSSR count). The van der Waals surface area contributed by atoms with Crippen LogP contribution in [0.3, 0.4) is 0 Å². The van der Waals surface area contributed by atoms with Gasteiger partial charge in [0.1, 0.15) is 5.82 Å². The molecule has 1 aromatic carbocycles. The van der Waals surface area contributed by atoms with Crippen molar-refractivity contribution in [3.05, 3.63) is 53.5 Å². The van der Waals surface area contributed by atoms with Crippen molar-refractivity contribution in [2.75, 3.05) is 24.7 Å². The standard InChI is InChI=1S/C21H24N8S/c1-12-11-13(2)27-29-17(12)16(15-9-7-6-8-10-15)23-21(29)30-14(3)18-24-19(22)26-20(25-18)28(4)5/h6-11,14H,1-5H3,(H2,22,24,25,26)/t14-/m1/s1. The maximum Gasteiger partial charge on any atom is 0.229 e. The fourth-order valence-corrected chi connectivity index (χ4v) is 4.17. The lowest BCUT2D eigenvalue weighted by atomic mass is 10.1. The average Bonchev–Trinajstić information content (AvgIpc) is 3.06. The van der Waals surface area contributed by atoms with Gasteiger partial charge in [-0.15, -0.1) is 0 Å². The number of nitrogens with zero attached hydrogens (tertiary/aromatic N) is 7. The molecule has 0 saturated carbocycles. The van der Waals surface area contributed by atoms with Gasteiger partial charge in [0, 0.05) is 19.7 Å². The molecule has 2 N–H and O–H groups in total. The Morgan fingerprint density at radius 1 is 1.03 bits per heavy atom. The van der Waals surface area contributed by atoms with Gasteiger partial charge in [-0.05, 0) is 32.4 Å². The van der Waals surface area contributed by atoms with E-state index in [0.29, 0.717) is 11.8 Å². The van der Waals surface area contributed by atoms with Gasteiger partial charge in [-0.2, -0.15) is 20.1 Å². The van der Waals surface area contributed by atoms with E-state index in [2.05, 4.69) is 40.1 Å². The fraction of sp³-hybridized carbons (Fsp3) is 0.286. The number of nitrogens with two attached hydrogens (primary N) is 1. The number of aryl methyl sites for hydroxylation is 2. The van der Waals surface area contributed by atoms with E-state index in [9.17, 15) is 0 Å². The monoisotopic (exact) mass is 420 g/mol. The van der Waals surface area contributed by atoms with E-state index >= 15 is 0 Å². The van der Waals surface area contributed by atoms with Gasteiger partial charge >= 0.3 is 0 Å². The van der Waals surface area contributed by atoms with Gasteiger partial charge in [0.25, 0.3) is 0 Å². The van der Waals surface area contributed by atoms with Crippen LogP contribution in [0.25, 0.3) is 16.8 Å². The van der Waals surface area contributed by atoms with Gasteiger partial charge in [0.05, 0.1) is 22.2 Å². The maximum absolute atomic E-state index is 5.91. The second-order valence-corrected chi connectivity index (χ2v) is 8.65. The van der Waals surface area contributed by atoms with Crippen molar-refractivity contribution in [3.63, 3.8) is 0 Å². The van der Waals surface area contributed by atoms with E-state index in [0.717, 1.165) is 33.2 Å². The van der Waals surface area contributed by atoms with Gasteiger partial charge in [-0.3, -0.25) is 0 Å². The van der Waals surface area contributed by atoms with Crippen molar-refractivity contribution in [2.45, 2.75) is 31.2 Å². The Morgan fingerprint density at radius 2 is 1.77 bits per heavy atom. The summed E-state index contributed by atoms with van der Waals surface area (Å²) in [5.74, 6) is 1.35. The van der Waals surface area contributed by atoms with Crippen LogP contribution in [0.1, 0.15) is 29.3 Å². The quantitative estimate of drug-likeness (QED) is 0.488. The Kier molecular flexibility index (Phi) is 5.29. The van der Waals surface area contributed by atoms with Crippen molar-refractivity contribution < 1.29 is 0 Å². The molecule has 3 heterocycles. The highest BCUT2D eigenvalue weighted by molar-refractivity contribution is 7.99. The molecule has 0 aliphatic carbocycles. The van der Waals surface area contributed by atoms with Crippen LogP contribution in [-0.2, 0) is 0 Å². The van der Waals surface area contributed by atoms with Gasteiger partial charge in [0.15, 0.2) is 5.16 Å². The first-order valence-corrected chi connectivity index (χ1v) is 10.5. The molecule has 154 valence electrons. The molecule has 0 bridgehead atoms. The van der Waals surface area contributed by atoms with Crippen LogP contribution in [0, 0.1) is 13.8 Å². The molecular formula is C21H24N8S. The number of aromatic nitrogens is 6. The fourth-order valence-electron chi connectivity index (χ4n) is 3.27. The highest BCUT2D eigenvalue weighted by Gasteiger charge is 2.21. The Morgan fingerprint density at radius 3 is 2.47 bits per heavy atom. The highest BCUT2D eigenvalue weighted by Crippen LogP contribution is 2.37. The summed E-state index contributed by atoms with van der Waals surface area (Å²) in [5.41, 5.74) is 11.0. The lowest BCUT2D eigenvalue weighted by Gasteiger charge is -2.14. The topological polar surface area (TPSA) is 98.1 Å². The molecule has 8 nitrogen and oxygen atoms in total. The predicted octanol–water partition coefficient (Wildman–Crippen LogP) is 3.70. The van der Waals surface area contributed by atoms with Crippen LogP contribution < -0.4 is 10.6 Å². The number of hydrogen-bond donors (Lipinski definition) is 1. The predicted molar refractivity (Wildman–Crippen MR) is 121 cm³/mol. The minimum atomic E-state index is -0.0918. The molecule has 4 aromatic rings. The van der Waals surface area contributed by atoms with E-state index in [1.165, 1.54) is 0 Å². The Hall–Kier alpha value is -3.20. The minimum absolute atomic E-state index is 0.0918. The smallest absolute Gasteiger partial charge is 0.229 e. The second kappa shape index (κ2) is 7.91. The van der Waals surface area contributed by atoms with Crippen LogP contribution in [0.5, 0.6) is 0 Å². The molecule has 0 saturated heterocycles. The molecule has 0 fully saturated rings. The average molecular weight is 421 g/mol. The summed E-state index contributed by atoms with van der Waals surface area (Å²) in [6, 6.07) is 12.2. The summed E-state index contributed by atoms with van der Waals surface area (Å²) in [5, 5.41) is 5.43. The maximum atomic E-state index is 5.91. The largest absolute Gasteiger partial charge is 0.368 e. The number of rotatable bonds is 5. The summed E-state index contributed by atoms with van der Waals surface area (Å²) in [6.07, 6.45) is 0. The molecule has 0 spiro atoms. The number of imidazole rings is 1. The molecule has 3 aromatic heterocycles. The molecule has 0 unspecified atom stereocenters. The Bertz CT molecular complexity index is 1200. The van der Waals surface area contributed by atoms with E-state index in [-0.39, 0.29) is 11.2 Å². The Balaban J connectivity index is 1.80. The van der Waals surface area contributed by atoms with Gasteiger partial charge in [-0.25, -0.2) is 9.50 Å². The lowest BCUT2D eigenvalue weighted by Crippen LogP contribution is -2.16. The number of anilines is 2. The first-order valence-electron chi connectivity index (χ1n) is 9.61. The van der Waals surface area contributed by atoms with Gasteiger partial charge in [0.2, 0.25) is 11.9 Å². The van der Waals surface area contributed by atoms with Crippen LogP contribution in [0.4, 0.5) is 11.9 Å². The summed E-state index contributed by atoms with van der Waals surface area (Å²) in [7, 11) is 3.75. The zero-order valence-corrected chi connectivity index (χ0v) is 18.5. The third kappa shape index (κ3) is 3.80. The SMILES string of the molecule is Cc1cc(C)c2c(-c3ccccc3)nc(S[C@H](C)c3nc(N)nc(N(C)C)n3)n2n1. The molecular weight excluding hydrogens is 396 g/mol. The molecule has 1 atom stereocenters. The van der Waals surface area contributed by atoms with Crippen molar-refractivity contribution in [1.82, 2.24) is 29.5 Å². The number of thioether (sulfide) groups is 1. The zero-order valence-electron chi connectivity index (χ0n) is 17.7. The summed E-state index contributed by atoms with van der Waals surface area (Å²) in [6.45, 7) is 6.11. The van der Waals surface area contributed by atoms with Crippen LogP contribution in [-0.4, -0.2) is 43.6 Å². The summed E-state index contributed by atoms with van der Waals surface area (Å²) < 4.78 is 1.92. The van der Waals surface area contributed by atoms with Crippen LogP contribution in [0.15, 0.2) is 41.6 Å². The number of benzene rings is 1. The Labute approximate surface area is 179 Å². The van der Waals surface area contributed by atoms with Crippen molar-refractivity contribution in [3.8, 4) is 11.3 Å². The molecule has 0 aliphatic heterocycles. The first kappa shape index (κ1) is 20.1. The third-order valence-electron chi connectivity index (χ3n) is 4.63. The summed E-state index contributed by atoms with van der Waals surface area (Å²) >= 11 is 1.55. The van der Waals surface area contributed by atoms with Crippen molar-refractivity contribution >= 4 is 29.2 Å². The summed E-state index contributed by atoms with van der Waals surface area (Å²) in [4.78, 5) is 19.8. The second-order valence-electron chi connectivity index (χ2n) is 7.34. The van der Waals surface area contributed by atoms with E-state index in [1.807, 2.05) is 55.6 Å². The van der Waals surface area contributed by atoms with Gasteiger partial charge < -0.3 is 10.6 Å². The van der Waals surface area contributed by atoms with E-state index in [1.54, 1.807) is 11.8 Å². The van der Waals surface area contributed by atoms with Crippen LogP contribution in [0.2, 0.25) is 0 Å². The molecule has 0 aliphatic rings. The highest BCUT2D eigenvalue weighted by atomic mass is 32.2. The minimum Gasteiger partial charge on any atom is -0.368 e. The zero-order chi connectivity index (χ0) is 21.4. The molecule has 0 amide bonds. The van der Waals surface area contributed by atoms with E-state index < -0.39 is 0 Å². The van der Waals surface area contributed by atoms with E-state index in [4.69, 9.17) is 15.8 Å². The van der Waals surface area contributed by atoms with Gasteiger partial charge in [-0.1, -0.05) is 42.1 Å². The molecule has 9 heteroatoms. The lowest BCUT2D eigenvalue weighted by molar-refractivity contribution is 0.785.